The van der Waals surface area contributed by atoms with Gasteiger partial charge in [0.15, 0.2) is 0 Å². The van der Waals surface area contributed by atoms with Crippen molar-refractivity contribution in [2.24, 2.45) is 0 Å². The first kappa shape index (κ1) is 13.1. The number of nitrogens with zero attached hydrogens (tertiary/aromatic N) is 1. The van der Waals surface area contributed by atoms with E-state index in [1.807, 2.05) is 12.3 Å². The van der Waals surface area contributed by atoms with Gasteiger partial charge in [0.05, 0.1) is 18.6 Å². The molecule has 0 fully saturated rings. The smallest absolute Gasteiger partial charge is 0.307 e. The Morgan fingerprint density at radius 2 is 2.38 bits per heavy atom. The fraction of sp³-hybridized carbons (Fsp3) is 0.636. The molecule has 0 atom stereocenters. The summed E-state index contributed by atoms with van der Waals surface area (Å²) in [6, 6.07) is 0. The van der Waals surface area contributed by atoms with Crippen molar-refractivity contribution in [2.75, 3.05) is 13.2 Å². The van der Waals surface area contributed by atoms with Crippen molar-refractivity contribution in [2.45, 2.75) is 32.7 Å². The molecule has 90 valence electrons. The first-order valence-electron chi connectivity index (χ1n) is 5.37. The van der Waals surface area contributed by atoms with E-state index in [1.165, 1.54) is 0 Å². The third-order valence-electron chi connectivity index (χ3n) is 2.17. The molecule has 0 aromatic carbocycles. The second kappa shape index (κ2) is 5.96. The molecular weight excluding hydrogens is 224 g/mol. The van der Waals surface area contributed by atoms with Crippen molar-refractivity contribution in [1.82, 2.24) is 10.3 Å². The van der Waals surface area contributed by atoms with Crippen LogP contribution >= 0.6 is 11.3 Å². The Kier molecular flexibility index (Phi) is 4.89. The fourth-order valence-electron chi connectivity index (χ4n) is 1.32. The number of thiazole rings is 1. The Morgan fingerprint density at radius 3 is 2.94 bits per heavy atom. The number of ether oxygens (including phenoxy) is 1. The van der Waals surface area contributed by atoms with Crippen LogP contribution in [-0.2, 0) is 15.1 Å². The molecule has 0 aliphatic heterocycles. The lowest BCUT2D eigenvalue weighted by molar-refractivity contribution is -0.143. The van der Waals surface area contributed by atoms with Crippen LogP contribution in [0.1, 0.15) is 32.2 Å². The third-order valence-corrected chi connectivity index (χ3v) is 3.27. The predicted molar refractivity (Wildman–Crippen MR) is 64.4 cm³/mol. The van der Waals surface area contributed by atoms with Crippen molar-refractivity contribution in [3.05, 3.63) is 16.6 Å². The van der Waals surface area contributed by atoms with E-state index < -0.39 is 0 Å². The molecule has 0 radical (unpaired) electrons. The van der Waals surface area contributed by atoms with Crippen molar-refractivity contribution in [3.63, 3.8) is 0 Å². The number of carbonyl (C=O) groups is 1. The van der Waals surface area contributed by atoms with E-state index in [0.29, 0.717) is 19.6 Å². The van der Waals surface area contributed by atoms with Gasteiger partial charge in [-0.2, -0.15) is 0 Å². The van der Waals surface area contributed by atoms with Crippen molar-refractivity contribution < 1.29 is 9.53 Å². The van der Waals surface area contributed by atoms with Crippen LogP contribution in [0.3, 0.4) is 0 Å². The molecule has 0 bridgehead atoms. The first-order chi connectivity index (χ1) is 7.56. The summed E-state index contributed by atoms with van der Waals surface area (Å²) in [6.07, 6.45) is 2.18. The quantitative estimate of drug-likeness (QED) is 0.774. The maximum absolute atomic E-state index is 11.1. The van der Waals surface area contributed by atoms with Crippen LogP contribution in [0.2, 0.25) is 0 Å². The average molecular weight is 242 g/mol. The molecule has 5 heteroatoms. The summed E-state index contributed by atoms with van der Waals surface area (Å²) in [7, 11) is 0. The van der Waals surface area contributed by atoms with Crippen LogP contribution in [0.5, 0.6) is 0 Å². The molecule has 16 heavy (non-hydrogen) atoms. The molecular formula is C11H18N2O2S. The van der Waals surface area contributed by atoms with Gasteiger partial charge in [0.25, 0.3) is 0 Å². The molecule has 0 spiro atoms. The molecule has 0 amide bonds. The summed E-state index contributed by atoms with van der Waals surface area (Å²) in [5.41, 5.74) is -0.194. The molecule has 0 unspecified atom stereocenters. The van der Waals surface area contributed by atoms with Gasteiger partial charge >= 0.3 is 5.97 Å². The maximum Gasteiger partial charge on any atom is 0.307 e. The van der Waals surface area contributed by atoms with Crippen molar-refractivity contribution in [1.29, 1.82) is 0 Å². The van der Waals surface area contributed by atoms with Gasteiger partial charge < -0.3 is 10.1 Å². The Morgan fingerprint density at radius 1 is 1.62 bits per heavy atom. The Hall–Kier alpha value is -0.940. The molecule has 1 aromatic heterocycles. The third kappa shape index (κ3) is 3.90. The second-order valence-electron chi connectivity index (χ2n) is 3.94. The van der Waals surface area contributed by atoms with Crippen molar-refractivity contribution in [3.8, 4) is 0 Å². The van der Waals surface area contributed by atoms with E-state index in [4.69, 9.17) is 4.74 Å². The lowest BCUT2D eigenvalue weighted by Crippen LogP contribution is -2.37. The highest BCUT2D eigenvalue weighted by atomic mass is 32.1. The monoisotopic (exact) mass is 242 g/mol. The van der Waals surface area contributed by atoms with Gasteiger partial charge in [-0.15, -0.1) is 11.3 Å². The Labute approximate surface area is 100 Å². The molecule has 1 aromatic rings. The van der Waals surface area contributed by atoms with Gasteiger partial charge in [-0.25, -0.2) is 4.98 Å². The van der Waals surface area contributed by atoms with Gasteiger partial charge in [0.2, 0.25) is 0 Å². The van der Waals surface area contributed by atoms with Crippen LogP contribution in [0.25, 0.3) is 0 Å². The van der Waals surface area contributed by atoms with Gasteiger partial charge in [0, 0.05) is 18.1 Å². The van der Waals surface area contributed by atoms with E-state index >= 15 is 0 Å². The normalized spacial score (nSPS) is 11.4. The lowest BCUT2D eigenvalue weighted by atomic mass is 10.1. The van der Waals surface area contributed by atoms with E-state index in [0.717, 1.165) is 5.01 Å². The summed E-state index contributed by atoms with van der Waals surface area (Å²) < 4.78 is 4.86. The summed E-state index contributed by atoms with van der Waals surface area (Å²) in [4.78, 5) is 15.4. The van der Waals surface area contributed by atoms with Crippen LogP contribution in [0.15, 0.2) is 11.6 Å². The highest BCUT2D eigenvalue weighted by Crippen LogP contribution is 2.21. The molecule has 1 rings (SSSR count). The molecule has 1 heterocycles. The fourth-order valence-corrected chi connectivity index (χ4v) is 2.06. The van der Waals surface area contributed by atoms with Gasteiger partial charge in [-0.3, -0.25) is 4.79 Å². The van der Waals surface area contributed by atoms with Crippen LogP contribution in [-0.4, -0.2) is 24.1 Å². The van der Waals surface area contributed by atoms with Gasteiger partial charge in [0.1, 0.15) is 5.01 Å². The van der Waals surface area contributed by atoms with Crippen LogP contribution < -0.4 is 5.32 Å². The Bertz CT molecular complexity index is 323. The molecule has 0 aliphatic rings. The molecule has 4 nitrogen and oxygen atoms in total. The van der Waals surface area contributed by atoms with Crippen LogP contribution in [0.4, 0.5) is 0 Å². The maximum atomic E-state index is 11.1. The standard InChI is InChI=1S/C11H18N2O2S/c1-4-15-9(14)5-6-13-11(2,3)10-12-7-8-16-10/h7-8,13H,4-6H2,1-3H3. The van der Waals surface area contributed by atoms with E-state index in [1.54, 1.807) is 17.5 Å². The number of esters is 1. The molecule has 0 saturated heterocycles. The summed E-state index contributed by atoms with van der Waals surface area (Å²) in [5.74, 6) is -0.162. The molecule has 1 N–H and O–H groups in total. The highest BCUT2D eigenvalue weighted by Gasteiger charge is 2.22. The van der Waals surface area contributed by atoms with Gasteiger partial charge in [-0.1, -0.05) is 0 Å². The first-order valence-corrected chi connectivity index (χ1v) is 6.25. The Balaban J connectivity index is 2.34. The molecule has 0 saturated carbocycles. The summed E-state index contributed by atoms with van der Waals surface area (Å²) in [5, 5.41) is 6.27. The minimum Gasteiger partial charge on any atom is -0.466 e. The SMILES string of the molecule is CCOC(=O)CCNC(C)(C)c1nccs1. The zero-order valence-electron chi connectivity index (χ0n) is 9.95. The largest absolute Gasteiger partial charge is 0.466 e. The highest BCUT2D eigenvalue weighted by molar-refractivity contribution is 7.09. The number of hydrogen-bond acceptors (Lipinski definition) is 5. The number of aromatic nitrogens is 1. The number of hydrogen-bond donors (Lipinski definition) is 1. The van der Waals surface area contributed by atoms with Crippen LogP contribution in [0, 0.1) is 0 Å². The van der Waals surface area contributed by atoms with E-state index in [2.05, 4.69) is 24.1 Å². The minimum absolute atomic E-state index is 0.162. The second-order valence-corrected chi connectivity index (χ2v) is 4.84. The van der Waals surface area contributed by atoms with Gasteiger partial charge in [-0.05, 0) is 20.8 Å². The number of rotatable bonds is 6. The average Bonchev–Trinajstić information content (AvgIpc) is 2.71. The zero-order valence-corrected chi connectivity index (χ0v) is 10.8. The lowest BCUT2D eigenvalue weighted by Gasteiger charge is -2.23. The summed E-state index contributed by atoms with van der Waals surface area (Å²) >= 11 is 1.61. The molecule has 0 aliphatic carbocycles. The predicted octanol–water partition coefficient (Wildman–Crippen LogP) is 1.92. The van der Waals surface area contributed by atoms with Crippen molar-refractivity contribution >= 4 is 17.3 Å². The van der Waals surface area contributed by atoms with E-state index in [-0.39, 0.29) is 11.5 Å². The number of nitrogens with one attached hydrogen (secondary N) is 1. The summed E-state index contributed by atoms with van der Waals surface area (Å²) in [6.45, 7) is 6.96. The zero-order chi connectivity index (χ0) is 12.0. The minimum atomic E-state index is -0.194. The topological polar surface area (TPSA) is 51.2 Å². The van der Waals surface area contributed by atoms with E-state index in [9.17, 15) is 4.79 Å². The number of carbonyl (C=O) groups excluding carboxylic acids is 1.